The molecular formula is C31H34FN5O4. The summed E-state index contributed by atoms with van der Waals surface area (Å²) in [5.41, 5.74) is 2.41. The van der Waals surface area contributed by atoms with Crippen molar-refractivity contribution in [2.45, 2.75) is 18.9 Å². The minimum Gasteiger partial charge on any atom is -0.494 e. The van der Waals surface area contributed by atoms with E-state index in [1.165, 1.54) is 19.3 Å². The van der Waals surface area contributed by atoms with Crippen LogP contribution in [0, 0.1) is 5.82 Å². The van der Waals surface area contributed by atoms with Gasteiger partial charge >= 0.3 is 0 Å². The highest BCUT2D eigenvalue weighted by molar-refractivity contribution is 5.96. The Bertz CT molecular complexity index is 1540. The van der Waals surface area contributed by atoms with Gasteiger partial charge in [-0.15, -0.1) is 0 Å². The van der Waals surface area contributed by atoms with Crippen LogP contribution in [-0.2, 0) is 4.79 Å². The van der Waals surface area contributed by atoms with E-state index in [0.717, 1.165) is 41.5 Å². The topological polar surface area (TPSA) is 82.0 Å². The van der Waals surface area contributed by atoms with E-state index in [-0.39, 0.29) is 23.4 Å². The fourth-order valence-corrected chi connectivity index (χ4v) is 5.00. The minimum atomic E-state index is -0.562. The normalized spacial score (nSPS) is 15.2. The molecule has 1 unspecified atom stereocenters. The molecule has 1 atom stereocenters. The molecule has 2 aromatic carbocycles. The van der Waals surface area contributed by atoms with E-state index in [4.69, 9.17) is 19.3 Å². The summed E-state index contributed by atoms with van der Waals surface area (Å²) in [5.74, 6) is 0.659. The standard InChI is InChI=1S/C31H34FN5O4/c1-5-28(38)36-15-7-8-22(20-36)37-31-24(18-33-19-27(31)40-17-16-35(2)3)30(34-37)21-11-13-23(14-12-21)41-26-10-6-9-25(39-4)29(26)32/h5-6,9-14,18-19,22H,1,7-8,15-17,20H2,2-4H3. The second-order valence-electron chi connectivity index (χ2n) is 10.2. The molecule has 1 saturated heterocycles. The molecule has 41 heavy (non-hydrogen) atoms. The quantitative estimate of drug-likeness (QED) is 0.243. The number of pyridine rings is 1. The van der Waals surface area contributed by atoms with Gasteiger partial charge in [-0.2, -0.15) is 9.49 Å². The van der Waals surface area contributed by atoms with Gasteiger partial charge in [0.25, 0.3) is 0 Å². The van der Waals surface area contributed by atoms with Crippen LogP contribution >= 0.6 is 0 Å². The number of nitrogens with zero attached hydrogens (tertiary/aromatic N) is 5. The number of likely N-dealkylation sites (N-methyl/N-ethyl adjacent to an activating group) is 1. The van der Waals surface area contributed by atoms with E-state index in [0.29, 0.717) is 31.2 Å². The van der Waals surface area contributed by atoms with E-state index in [9.17, 15) is 9.18 Å². The molecule has 0 bridgehead atoms. The largest absolute Gasteiger partial charge is 0.494 e. The number of rotatable bonds is 10. The van der Waals surface area contributed by atoms with Crippen LogP contribution in [0.4, 0.5) is 4.39 Å². The maximum Gasteiger partial charge on any atom is 0.246 e. The molecule has 1 aliphatic rings. The second kappa shape index (κ2) is 12.4. The number of carbonyl (C=O) groups is 1. The number of aromatic nitrogens is 3. The van der Waals surface area contributed by atoms with Crippen molar-refractivity contribution in [1.82, 2.24) is 24.6 Å². The summed E-state index contributed by atoms with van der Waals surface area (Å²) in [4.78, 5) is 20.7. The molecule has 3 heterocycles. The zero-order valence-corrected chi connectivity index (χ0v) is 23.5. The molecule has 0 radical (unpaired) electrons. The molecule has 5 rings (SSSR count). The van der Waals surface area contributed by atoms with E-state index >= 15 is 0 Å². The number of hydrogen-bond donors (Lipinski definition) is 0. The lowest BCUT2D eigenvalue weighted by Crippen LogP contribution is -2.40. The van der Waals surface area contributed by atoms with Crippen LogP contribution in [0.15, 0.2) is 67.5 Å². The Labute approximate surface area is 238 Å². The van der Waals surface area contributed by atoms with Gasteiger partial charge in [0.05, 0.1) is 24.7 Å². The van der Waals surface area contributed by atoms with Crippen molar-refractivity contribution >= 4 is 16.8 Å². The molecular weight excluding hydrogens is 525 g/mol. The van der Waals surface area contributed by atoms with E-state index < -0.39 is 5.82 Å². The summed E-state index contributed by atoms with van der Waals surface area (Å²) in [5, 5.41) is 5.90. The van der Waals surface area contributed by atoms with Gasteiger partial charge in [0.1, 0.15) is 23.6 Å². The third-order valence-electron chi connectivity index (χ3n) is 7.10. The van der Waals surface area contributed by atoms with Crippen molar-refractivity contribution in [2.24, 2.45) is 0 Å². The van der Waals surface area contributed by atoms with Crippen LogP contribution in [0.25, 0.3) is 22.2 Å². The van der Waals surface area contributed by atoms with Crippen LogP contribution in [0.5, 0.6) is 23.0 Å². The molecule has 0 spiro atoms. The smallest absolute Gasteiger partial charge is 0.246 e. The number of fused-ring (bicyclic) bond motifs is 1. The zero-order valence-electron chi connectivity index (χ0n) is 23.5. The van der Waals surface area contributed by atoms with Crippen LogP contribution < -0.4 is 14.2 Å². The molecule has 1 amide bonds. The summed E-state index contributed by atoms with van der Waals surface area (Å²) in [6.07, 6.45) is 6.59. The molecule has 1 aliphatic heterocycles. The molecule has 214 valence electrons. The SMILES string of the molecule is C=CC(=O)N1CCCC(n2nc(-c3ccc(Oc4cccc(OC)c4F)cc3)c3cncc(OCCN(C)C)c32)C1. The van der Waals surface area contributed by atoms with Crippen molar-refractivity contribution in [3.05, 3.63) is 73.3 Å². The molecule has 10 heteroatoms. The fraction of sp³-hybridized carbons (Fsp3) is 0.323. The first kappa shape index (κ1) is 28.1. The first-order valence-corrected chi connectivity index (χ1v) is 13.6. The Kier molecular flexibility index (Phi) is 8.49. The van der Waals surface area contributed by atoms with Crippen molar-refractivity contribution in [2.75, 3.05) is 47.4 Å². The second-order valence-corrected chi connectivity index (χ2v) is 10.2. The molecule has 0 saturated carbocycles. The van der Waals surface area contributed by atoms with Gasteiger partial charge in [-0.1, -0.05) is 12.6 Å². The third-order valence-corrected chi connectivity index (χ3v) is 7.10. The summed E-state index contributed by atoms with van der Waals surface area (Å²) in [6, 6.07) is 12.0. The van der Waals surface area contributed by atoms with Crippen LogP contribution in [0.2, 0.25) is 0 Å². The summed E-state index contributed by atoms with van der Waals surface area (Å²) in [7, 11) is 5.40. The molecule has 4 aromatic rings. The van der Waals surface area contributed by atoms with Gasteiger partial charge in [-0.25, -0.2) is 0 Å². The predicted molar refractivity (Wildman–Crippen MR) is 155 cm³/mol. The number of amides is 1. The number of hydrogen-bond acceptors (Lipinski definition) is 7. The Morgan fingerprint density at radius 3 is 2.66 bits per heavy atom. The van der Waals surface area contributed by atoms with Gasteiger partial charge in [-0.05, 0) is 69.4 Å². The molecule has 2 aromatic heterocycles. The number of likely N-dealkylation sites (tertiary alicyclic amines) is 1. The Morgan fingerprint density at radius 2 is 1.93 bits per heavy atom. The highest BCUT2D eigenvalue weighted by Crippen LogP contribution is 2.37. The van der Waals surface area contributed by atoms with Crippen LogP contribution in [0.3, 0.4) is 0 Å². The molecule has 9 nitrogen and oxygen atoms in total. The number of piperidine rings is 1. The minimum absolute atomic E-state index is 0.0406. The van der Waals surface area contributed by atoms with Crippen molar-refractivity contribution in [3.63, 3.8) is 0 Å². The van der Waals surface area contributed by atoms with Gasteiger partial charge in [0.2, 0.25) is 11.7 Å². The average molecular weight is 560 g/mol. The number of ether oxygens (including phenoxy) is 3. The van der Waals surface area contributed by atoms with E-state index in [2.05, 4.69) is 16.5 Å². The maximum absolute atomic E-state index is 14.6. The van der Waals surface area contributed by atoms with Gasteiger partial charge in [0, 0.05) is 31.4 Å². The Balaban J connectivity index is 1.51. The molecule has 0 aliphatic carbocycles. The average Bonchev–Trinajstić information content (AvgIpc) is 3.39. The predicted octanol–water partition coefficient (Wildman–Crippen LogP) is 5.33. The highest BCUT2D eigenvalue weighted by Gasteiger charge is 2.28. The summed E-state index contributed by atoms with van der Waals surface area (Å²) < 4.78 is 33.6. The lowest BCUT2D eigenvalue weighted by atomic mass is 10.1. The van der Waals surface area contributed by atoms with E-state index in [1.807, 2.05) is 35.8 Å². The lowest BCUT2D eigenvalue weighted by molar-refractivity contribution is -0.127. The highest BCUT2D eigenvalue weighted by atomic mass is 19.1. The number of benzene rings is 2. The maximum atomic E-state index is 14.6. The summed E-state index contributed by atoms with van der Waals surface area (Å²) in [6.45, 7) is 6.11. The molecule has 0 N–H and O–H groups in total. The third kappa shape index (κ3) is 6.02. The van der Waals surface area contributed by atoms with Crippen LogP contribution in [0.1, 0.15) is 18.9 Å². The first-order chi connectivity index (χ1) is 19.9. The van der Waals surface area contributed by atoms with Gasteiger partial charge in [0.15, 0.2) is 17.2 Å². The van der Waals surface area contributed by atoms with Gasteiger partial charge in [-0.3, -0.25) is 14.5 Å². The zero-order chi connectivity index (χ0) is 28.9. The fourth-order valence-electron chi connectivity index (χ4n) is 5.00. The number of methoxy groups -OCH3 is 1. The molecule has 1 fully saturated rings. The Hall–Kier alpha value is -4.44. The number of halogens is 1. The van der Waals surface area contributed by atoms with Crippen molar-refractivity contribution in [3.8, 4) is 34.3 Å². The number of carbonyl (C=O) groups excluding carboxylic acids is 1. The van der Waals surface area contributed by atoms with Crippen LogP contribution in [-0.4, -0.2) is 77.9 Å². The van der Waals surface area contributed by atoms with Crippen molar-refractivity contribution in [1.29, 1.82) is 0 Å². The first-order valence-electron chi connectivity index (χ1n) is 13.6. The summed E-state index contributed by atoms with van der Waals surface area (Å²) >= 11 is 0. The monoisotopic (exact) mass is 559 g/mol. The van der Waals surface area contributed by atoms with E-state index in [1.54, 1.807) is 36.7 Å². The lowest BCUT2D eigenvalue weighted by Gasteiger charge is -2.32. The van der Waals surface area contributed by atoms with Crippen molar-refractivity contribution < 1.29 is 23.4 Å². The Morgan fingerprint density at radius 1 is 1.15 bits per heavy atom. The van der Waals surface area contributed by atoms with Gasteiger partial charge < -0.3 is 24.0 Å².